The normalized spacial score (nSPS) is 12.1. The maximum atomic E-state index is 13.0. The molecule has 5 nitrogen and oxygen atoms in total. The van der Waals surface area contributed by atoms with E-state index in [0.29, 0.717) is 12.1 Å². The summed E-state index contributed by atoms with van der Waals surface area (Å²) in [7, 11) is 0. The van der Waals surface area contributed by atoms with Crippen LogP contribution in [0.25, 0.3) is 11.0 Å². The van der Waals surface area contributed by atoms with Gasteiger partial charge in [0.25, 0.3) is 5.91 Å². The number of halogens is 1. The smallest absolute Gasteiger partial charge is 0.251 e. The lowest BCUT2D eigenvalue weighted by Gasteiger charge is -2.14. The van der Waals surface area contributed by atoms with E-state index in [9.17, 15) is 9.18 Å². The number of para-hydroxylation sites is 1. The number of nitrogens with zero attached hydrogens (tertiary/aromatic N) is 3. The Kier molecular flexibility index (Phi) is 4.85. The van der Waals surface area contributed by atoms with Crippen molar-refractivity contribution in [2.45, 2.75) is 19.5 Å². The average molecular weight is 374 g/mol. The summed E-state index contributed by atoms with van der Waals surface area (Å²) in [5.74, 6) is -0.465. The van der Waals surface area contributed by atoms with Gasteiger partial charge in [0, 0.05) is 5.56 Å². The summed E-state index contributed by atoms with van der Waals surface area (Å²) in [4.78, 5) is 12.5. The molecular formula is C22H19FN4O. The number of aromatic nitrogens is 3. The van der Waals surface area contributed by atoms with Crippen LogP contribution in [0.1, 0.15) is 34.5 Å². The van der Waals surface area contributed by atoms with Crippen LogP contribution in [0.2, 0.25) is 0 Å². The molecule has 4 aromatic rings. The Morgan fingerprint density at radius 2 is 1.75 bits per heavy atom. The molecule has 28 heavy (non-hydrogen) atoms. The molecule has 1 unspecified atom stereocenters. The molecule has 0 bridgehead atoms. The Morgan fingerprint density at radius 1 is 1.04 bits per heavy atom. The van der Waals surface area contributed by atoms with Crippen LogP contribution in [0.5, 0.6) is 0 Å². The Labute approximate surface area is 161 Å². The lowest BCUT2D eigenvalue weighted by molar-refractivity contribution is 0.0940. The molecule has 1 N–H and O–H groups in total. The summed E-state index contributed by atoms with van der Waals surface area (Å²) in [6, 6.07) is 21.1. The van der Waals surface area contributed by atoms with Crippen molar-refractivity contribution in [1.29, 1.82) is 0 Å². The molecule has 3 aromatic carbocycles. The van der Waals surface area contributed by atoms with Crippen LogP contribution < -0.4 is 5.32 Å². The molecule has 0 aliphatic heterocycles. The summed E-state index contributed by atoms with van der Waals surface area (Å²) >= 11 is 0. The van der Waals surface area contributed by atoms with Crippen LogP contribution in [0.4, 0.5) is 4.39 Å². The predicted octanol–water partition coefficient (Wildman–Crippen LogP) is 4.11. The average Bonchev–Trinajstić information content (AvgIpc) is 3.12. The number of carbonyl (C=O) groups excluding carboxylic acids is 1. The highest BCUT2D eigenvalue weighted by Crippen LogP contribution is 2.15. The molecule has 1 amide bonds. The van der Waals surface area contributed by atoms with E-state index >= 15 is 0 Å². The van der Waals surface area contributed by atoms with Crippen molar-refractivity contribution < 1.29 is 9.18 Å². The molecule has 1 heterocycles. The first-order valence-electron chi connectivity index (χ1n) is 9.03. The minimum Gasteiger partial charge on any atom is -0.346 e. The number of nitrogens with one attached hydrogen (secondary N) is 1. The number of fused-ring (bicyclic) bond motifs is 1. The molecule has 4 rings (SSSR count). The van der Waals surface area contributed by atoms with E-state index < -0.39 is 0 Å². The second kappa shape index (κ2) is 7.60. The van der Waals surface area contributed by atoms with Crippen molar-refractivity contribution in [3.05, 3.63) is 95.3 Å². The molecular weight excluding hydrogens is 355 g/mol. The molecule has 0 saturated heterocycles. The van der Waals surface area contributed by atoms with Crippen LogP contribution in [-0.2, 0) is 6.54 Å². The summed E-state index contributed by atoms with van der Waals surface area (Å²) in [5.41, 5.74) is 4.27. The summed E-state index contributed by atoms with van der Waals surface area (Å²) in [5, 5.41) is 11.3. The largest absolute Gasteiger partial charge is 0.346 e. The van der Waals surface area contributed by atoms with Crippen molar-refractivity contribution in [2.75, 3.05) is 0 Å². The minimum absolute atomic E-state index is 0.172. The molecule has 6 heteroatoms. The first-order chi connectivity index (χ1) is 13.6. The summed E-state index contributed by atoms with van der Waals surface area (Å²) < 4.78 is 14.9. The van der Waals surface area contributed by atoms with Crippen LogP contribution in [0.15, 0.2) is 72.8 Å². The van der Waals surface area contributed by atoms with Gasteiger partial charge < -0.3 is 5.32 Å². The number of carbonyl (C=O) groups is 1. The standard InChI is InChI=1S/C22H19FN4O/c1-15(17-10-12-19(23)13-11-17)24-22(28)18-8-6-16(7-9-18)14-27-21-5-3-2-4-20(21)25-26-27/h2-13,15H,14H2,1H3,(H,24,28). The van der Waals surface area contributed by atoms with Gasteiger partial charge in [0.15, 0.2) is 0 Å². The van der Waals surface area contributed by atoms with E-state index in [-0.39, 0.29) is 17.8 Å². The molecule has 0 saturated carbocycles. The Balaban J connectivity index is 1.43. The van der Waals surface area contributed by atoms with Gasteiger partial charge in [-0.25, -0.2) is 9.07 Å². The lowest BCUT2D eigenvalue weighted by Crippen LogP contribution is -2.26. The number of hydrogen-bond donors (Lipinski definition) is 1. The van der Waals surface area contributed by atoms with Crippen molar-refractivity contribution in [1.82, 2.24) is 20.3 Å². The zero-order chi connectivity index (χ0) is 19.5. The number of rotatable bonds is 5. The molecule has 1 atom stereocenters. The zero-order valence-electron chi connectivity index (χ0n) is 15.3. The Bertz CT molecular complexity index is 1100. The van der Waals surface area contributed by atoms with E-state index in [4.69, 9.17) is 0 Å². The van der Waals surface area contributed by atoms with E-state index in [1.54, 1.807) is 24.3 Å². The van der Waals surface area contributed by atoms with Crippen LogP contribution in [0.3, 0.4) is 0 Å². The summed E-state index contributed by atoms with van der Waals surface area (Å²) in [6.07, 6.45) is 0. The van der Waals surface area contributed by atoms with Crippen LogP contribution >= 0.6 is 0 Å². The molecule has 0 aliphatic rings. The number of benzene rings is 3. The van der Waals surface area contributed by atoms with Gasteiger partial charge in [-0.2, -0.15) is 0 Å². The highest BCUT2D eigenvalue weighted by molar-refractivity contribution is 5.94. The monoisotopic (exact) mass is 374 g/mol. The third-order valence-corrected chi connectivity index (χ3v) is 4.69. The fourth-order valence-corrected chi connectivity index (χ4v) is 3.08. The van der Waals surface area contributed by atoms with Crippen molar-refractivity contribution >= 4 is 16.9 Å². The maximum Gasteiger partial charge on any atom is 0.251 e. The van der Waals surface area contributed by atoms with Gasteiger partial charge in [-0.05, 0) is 54.4 Å². The van der Waals surface area contributed by atoms with Gasteiger partial charge in [-0.1, -0.05) is 41.6 Å². The molecule has 140 valence electrons. The van der Waals surface area contributed by atoms with Crippen molar-refractivity contribution in [3.63, 3.8) is 0 Å². The van der Waals surface area contributed by atoms with Gasteiger partial charge in [0.1, 0.15) is 11.3 Å². The number of amides is 1. The number of hydrogen-bond acceptors (Lipinski definition) is 3. The highest BCUT2D eigenvalue weighted by atomic mass is 19.1. The van der Waals surface area contributed by atoms with E-state index in [1.165, 1.54) is 12.1 Å². The Morgan fingerprint density at radius 3 is 2.50 bits per heavy atom. The third-order valence-electron chi connectivity index (χ3n) is 4.69. The SMILES string of the molecule is CC(NC(=O)c1ccc(Cn2nnc3ccccc32)cc1)c1ccc(F)cc1. The summed E-state index contributed by atoms with van der Waals surface area (Å²) in [6.45, 7) is 2.45. The lowest BCUT2D eigenvalue weighted by atomic mass is 10.1. The van der Waals surface area contributed by atoms with E-state index in [2.05, 4.69) is 15.6 Å². The quantitative estimate of drug-likeness (QED) is 0.572. The molecule has 0 spiro atoms. The molecule has 0 radical (unpaired) electrons. The second-order valence-electron chi connectivity index (χ2n) is 6.68. The van der Waals surface area contributed by atoms with Crippen molar-refractivity contribution in [2.24, 2.45) is 0 Å². The van der Waals surface area contributed by atoms with Gasteiger partial charge in [-0.3, -0.25) is 4.79 Å². The molecule has 0 fully saturated rings. The fraction of sp³-hybridized carbons (Fsp3) is 0.136. The Hall–Kier alpha value is -3.54. The van der Waals surface area contributed by atoms with Crippen molar-refractivity contribution in [3.8, 4) is 0 Å². The first kappa shape index (κ1) is 17.9. The van der Waals surface area contributed by atoms with Gasteiger partial charge in [0.05, 0.1) is 18.1 Å². The third kappa shape index (κ3) is 3.76. The zero-order valence-corrected chi connectivity index (χ0v) is 15.3. The fourth-order valence-electron chi connectivity index (χ4n) is 3.08. The van der Waals surface area contributed by atoms with E-state index in [1.807, 2.05) is 48.0 Å². The minimum atomic E-state index is -0.293. The van der Waals surface area contributed by atoms with E-state index in [0.717, 1.165) is 22.2 Å². The first-order valence-corrected chi connectivity index (χ1v) is 9.03. The predicted molar refractivity (Wildman–Crippen MR) is 105 cm³/mol. The van der Waals surface area contributed by atoms with Gasteiger partial charge in [-0.15, -0.1) is 5.10 Å². The van der Waals surface area contributed by atoms with Crippen LogP contribution in [0, 0.1) is 5.82 Å². The van der Waals surface area contributed by atoms with Gasteiger partial charge >= 0.3 is 0 Å². The molecule has 0 aliphatic carbocycles. The topological polar surface area (TPSA) is 59.8 Å². The highest BCUT2D eigenvalue weighted by Gasteiger charge is 2.12. The van der Waals surface area contributed by atoms with Crippen LogP contribution in [-0.4, -0.2) is 20.9 Å². The van der Waals surface area contributed by atoms with Gasteiger partial charge in [0.2, 0.25) is 0 Å². The molecule has 1 aromatic heterocycles. The maximum absolute atomic E-state index is 13.0. The second-order valence-corrected chi connectivity index (χ2v) is 6.68.